The van der Waals surface area contributed by atoms with Crippen LogP contribution in [0.4, 0.5) is 49.7 Å². The van der Waals surface area contributed by atoms with E-state index in [-0.39, 0.29) is 43.3 Å². The second kappa shape index (κ2) is 19.9. The molecule has 8 rings (SSSR count). The predicted octanol–water partition coefficient (Wildman–Crippen LogP) is 7.30. The third-order valence-electron chi connectivity index (χ3n) is 12.9. The van der Waals surface area contributed by atoms with Gasteiger partial charge < -0.3 is 19.8 Å². The van der Waals surface area contributed by atoms with Crippen molar-refractivity contribution < 1.29 is 93.9 Å². The highest BCUT2D eigenvalue weighted by atomic mass is 35.5. The molecule has 77 heavy (non-hydrogen) atoms. The van der Waals surface area contributed by atoms with Crippen LogP contribution >= 0.6 is 19.4 Å². The lowest BCUT2D eigenvalue weighted by molar-refractivity contribution is -0.143. The SMILES string of the molecule is CC(C)(C#Cc1ccc(-c2ccc(Cl)c3c(N(C(=O)[C@@H]4C[C@@H]4COCOP(=O)(O)O)S(C)(=O)=O)nn(CC(F)(F)F)c23)c(C(Cc2cc(F)cc(F)c2)NC(=O)Cn2nc(C(F)(F)F)c3c2C(F)(F)[C@@H]2C[C@H]32)n1)S(C)(=O)=O. The molecular formula is C45H41ClF10N7O11PS2. The number of phosphoric ester groups is 1. The number of rotatable bonds is 17. The molecule has 2 amide bonds. The van der Waals surface area contributed by atoms with Crippen molar-refractivity contribution in [2.75, 3.05) is 30.2 Å². The van der Waals surface area contributed by atoms with Crippen molar-refractivity contribution in [1.82, 2.24) is 29.9 Å². The quantitative estimate of drug-likeness (QED) is 0.0272. The molecule has 1 unspecified atom stereocenters. The van der Waals surface area contributed by atoms with Crippen LogP contribution < -0.4 is 9.62 Å². The Bertz CT molecular complexity index is 3580. The Labute approximate surface area is 435 Å². The van der Waals surface area contributed by atoms with Crippen LogP contribution in [0.2, 0.25) is 5.02 Å². The Balaban J connectivity index is 1.31. The number of fused-ring (bicyclic) bond motifs is 4. The maximum atomic E-state index is 15.6. The van der Waals surface area contributed by atoms with E-state index in [9.17, 15) is 66.1 Å². The van der Waals surface area contributed by atoms with Gasteiger partial charge in [0.05, 0.1) is 40.5 Å². The number of aromatic nitrogens is 5. The number of hydrogen-bond donors (Lipinski definition) is 3. The fourth-order valence-electron chi connectivity index (χ4n) is 9.02. The summed E-state index contributed by atoms with van der Waals surface area (Å²) in [6.07, 6.45) is -10.1. The summed E-state index contributed by atoms with van der Waals surface area (Å²) >= 11 is 6.68. The average Bonchev–Trinajstić information content (AvgIpc) is 4.17. The molecule has 3 aromatic heterocycles. The number of carbonyl (C=O) groups is 2. The number of sulfone groups is 1. The number of nitrogens with zero attached hydrogens (tertiary/aromatic N) is 6. The summed E-state index contributed by atoms with van der Waals surface area (Å²) in [5.74, 6) is -9.44. The number of hydrogen-bond acceptors (Lipinski definition) is 12. The average molecular weight is 1180 g/mol. The number of pyridine rings is 1. The van der Waals surface area contributed by atoms with Gasteiger partial charge in [-0.1, -0.05) is 23.6 Å². The van der Waals surface area contributed by atoms with Crippen molar-refractivity contribution in [3.63, 3.8) is 0 Å². The first-order chi connectivity index (χ1) is 35.4. The van der Waals surface area contributed by atoms with Crippen molar-refractivity contribution in [3.8, 4) is 23.0 Å². The summed E-state index contributed by atoms with van der Waals surface area (Å²) in [5, 5.41) is 8.64. The van der Waals surface area contributed by atoms with Crippen LogP contribution in [0.25, 0.3) is 22.0 Å². The van der Waals surface area contributed by atoms with E-state index < -0.39 is 187 Å². The van der Waals surface area contributed by atoms with Gasteiger partial charge in [-0.25, -0.2) is 35.2 Å². The molecule has 2 saturated carbocycles. The highest BCUT2D eigenvalue weighted by molar-refractivity contribution is 7.93. The topological polar surface area (TPSA) is 242 Å². The van der Waals surface area contributed by atoms with Crippen molar-refractivity contribution in [3.05, 3.63) is 93.0 Å². The highest BCUT2D eigenvalue weighted by Crippen LogP contribution is 2.68. The molecule has 3 aliphatic rings. The van der Waals surface area contributed by atoms with E-state index in [4.69, 9.17) is 26.1 Å². The van der Waals surface area contributed by atoms with Gasteiger partial charge in [0.15, 0.2) is 28.1 Å². The van der Waals surface area contributed by atoms with Crippen LogP contribution in [0.5, 0.6) is 0 Å². The molecular weight excluding hydrogens is 1140 g/mol. The number of sulfonamides is 1. The number of anilines is 1. The summed E-state index contributed by atoms with van der Waals surface area (Å²) in [6, 6.07) is 4.61. The molecule has 0 radical (unpaired) electrons. The zero-order valence-electron chi connectivity index (χ0n) is 40.1. The van der Waals surface area contributed by atoms with Crippen LogP contribution in [0.3, 0.4) is 0 Å². The Morgan fingerprint density at radius 3 is 2.22 bits per heavy atom. The number of ether oxygens (including phenoxy) is 1. The molecule has 0 spiro atoms. The number of phosphoric acid groups is 1. The standard InChI is InChI=1S/C45H41ClF10N7O11PS2/c1-42(2,76(3,69)70)10-9-25-5-6-26(27-7-8-31(46)35-37(27)62(19-43(49,50)51)60-40(35)63(77(4,71)72)41(65)28-14-22(28)18-73-20-74-75(66,67)68)36(57-25)32(13-21-11-23(47)15-24(48)12-21)58-33(64)17-61-39-34(38(59-61)45(54,55)56)29-16-30(29)44(39,52)53/h5-8,11-12,15,22,28-30,32H,13-14,16-20H2,1-4H3,(H,58,64)(H2,66,67,68)/t22-,28-,29+,30-,32?/m1/s1. The minimum atomic E-state index is -5.24. The van der Waals surface area contributed by atoms with Crippen molar-refractivity contribution in [2.24, 2.45) is 17.8 Å². The van der Waals surface area contributed by atoms with E-state index in [0.717, 1.165) is 42.7 Å². The van der Waals surface area contributed by atoms with Crippen molar-refractivity contribution in [1.29, 1.82) is 0 Å². The highest BCUT2D eigenvalue weighted by Gasteiger charge is 2.68. The first-order valence-electron chi connectivity index (χ1n) is 22.5. The number of nitrogens with one attached hydrogen (secondary N) is 1. The summed E-state index contributed by atoms with van der Waals surface area (Å²) in [6.45, 7) is -2.24. The molecule has 0 aliphatic heterocycles. The van der Waals surface area contributed by atoms with Gasteiger partial charge in [0.25, 0.3) is 5.92 Å². The van der Waals surface area contributed by atoms with Crippen LogP contribution in [0.15, 0.2) is 42.5 Å². The van der Waals surface area contributed by atoms with Gasteiger partial charge in [0, 0.05) is 40.8 Å². The van der Waals surface area contributed by atoms with Crippen LogP contribution in [0, 0.1) is 41.2 Å². The van der Waals surface area contributed by atoms with Gasteiger partial charge in [-0.05, 0) is 86.8 Å². The van der Waals surface area contributed by atoms with E-state index >= 15 is 8.78 Å². The fourth-order valence-corrected chi connectivity index (χ4v) is 10.6. The third kappa shape index (κ3) is 12.2. The maximum absolute atomic E-state index is 15.6. The summed E-state index contributed by atoms with van der Waals surface area (Å²) in [5.41, 5.74) is -6.11. The number of benzene rings is 2. The van der Waals surface area contributed by atoms with Gasteiger partial charge >= 0.3 is 20.2 Å². The summed E-state index contributed by atoms with van der Waals surface area (Å²) in [7, 11) is -13.8. The minimum absolute atomic E-state index is 0.0925. The lowest BCUT2D eigenvalue weighted by atomic mass is 9.93. The van der Waals surface area contributed by atoms with Gasteiger partial charge in [-0.2, -0.15) is 49.6 Å². The molecule has 3 heterocycles. The molecule has 2 aromatic carbocycles. The van der Waals surface area contributed by atoms with Crippen molar-refractivity contribution in [2.45, 2.75) is 81.2 Å². The van der Waals surface area contributed by atoms with E-state index in [1.807, 2.05) is 0 Å². The fraction of sp³-hybridized carbons (Fsp3) is 0.444. The van der Waals surface area contributed by atoms with E-state index in [1.165, 1.54) is 13.8 Å². The molecule has 18 nitrogen and oxygen atoms in total. The smallest absolute Gasteiger partial charge is 0.355 e. The van der Waals surface area contributed by atoms with E-state index in [0.29, 0.717) is 12.3 Å². The van der Waals surface area contributed by atoms with Crippen LogP contribution in [0.1, 0.15) is 72.6 Å². The number of carbonyl (C=O) groups excluding carboxylic acids is 2. The number of alkyl halides is 8. The lowest BCUT2D eigenvalue weighted by Crippen LogP contribution is -2.38. The Hall–Kier alpha value is -5.67. The van der Waals surface area contributed by atoms with E-state index in [1.54, 1.807) is 0 Å². The first kappa shape index (κ1) is 57.5. The van der Waals surface area contributed by atoms with E-state index in [2.05, 4.69) is 36.9 Å². The number of amides is 2. The summed E-state index contributed by atoms with van der Waals surface area (Å²) < 4.78 is 219. The maximum Gasteiger partial charge on any atom is 0.471 e. The molecule has 0 bridgehead atoms. The molecule has 2 fully saturated rings. The molecule has 3 N–H and O–H groups in total. The number of halogens is 11. The summed E-state index contributed by atoms with van der Waals surface area (Å²) in [4.78, 5) is 50.7. The first-order valence-corrected chi connectivity index (χ1v) is 28.1. The van der Waals surface area contributed by atoms with Crippen LogP contribution in [-0.2, 0) is 74.9 Å². The Kier molecular flexibility index (Phi) is 14.9. The zero-order chi connectivity index (χ0) is 56.9. The monoisotopic (exact) mass is 1180 g/mol. The largest absolute Gasteiger partial charge is 0.471 e. The Morgan fingerprint density at radius 2 is 1.62 bits per heavy atom. The van der Waals surface area contributed by atoms with Gasteiger partial charge in [0.1, 0.15) is 40.9 Å². The predicted molar refractivity (Wildman–Crippen MR) is 251 cm³/mol. The van der Waals surface area contributed by atoms with Gasteiger partial charge in [-0.15, -0.1) is 0 Å². The van der Waals surface area contributed by atoms with Gasteiger partial charge in [-0.3, -0.25) is 23.5 Å². The molecule has 5 aromatic rings. The second-order valence-electron chi connectivity index (χ2n) is 19.1. The van der Waals surface area contributed by atoms with Crippen LogP contribution in [-0.4, -0.2) is 99.8 Å². The molecule has 3 aliphatic carbocycles. The molecule has 32 heteroatoms. The lowest BCUT2D eigenvalue weighted by Gasteiger charge is -2.23. The zero-order valence-corrected chi connectivity index (χ0v) is 43.3. The minimum Gasteiger partial charge on any atom is -0.355 e. The molecule has 416 valence electrons. The van der Waals surface area contributed by atoms with Crippen molar-refractivity contribution >= 4 is 67.8 Å². The third-order valence-corrected chi connectivity index (χ3v) is 16.6. The normalized spacial score (nSPS) is 19.5. The Morgan fingerprint density at radius 1 is 0.974 bits per heavy atom. The second-order valence-corrected chi connectivity index (χ2v) is 25.1. The molecule has 0 saturated heterocycles. The van der Waals surface area contributed by atoms with Gasteiger partial charge in [0.2, 0.25) is 21.8 Å². The molecule has 5 atom stereocenters.